The number of pyridine rings is 1. The number of nitrogens with zero attached hydrogens (tertiary/aromatic N) is 2. The lowest BCUT2D eigenvalue weighted by molar-refractivity contribution is 0.0977. The highest BCUT2D eigenvalue weighted by molar-refractivity contribution is 6.06. The van der Waals surface area contributed by atoms with Crippen molar-refractivity contribution < 1.29 is 14.3 Å². The minimum absolute atomic E-state index is 0.107. The number of hydrogen-bond donors (Lipinski definition) is 0. The number of benzene rings is 2. The predicted octanol–water partition coefficient (Wildman–Crippen LogP) is 4.90. The number of rotatable bonds is 7. The Morgan fingerprint density at radius 1 is 1.00 bits per heavy atom. The predicted molar refractivity (Wildman–Crippen MR) is 110 cm³/mol. The standard InChI is InChI=1S/C23H24N2O3/c1-4-28-21-14-10-19(11-15-21)25(17(2)22-7-5-6-16-24-22)23(26)18-8-12-20(27-3)13-9-18/h5-17H,4H2,1-3H3. The summed E-state index contributed by atoms with van der Waals surface area (Å²) in [6, 6.07) is 20.1. The normalized spacial score (nSPS) is 11.5. The van der Waals surface area contributed by atoms with Gasteiger partial charge in [-0.2, -0.15) is 0 Å². The highest BCUT2D eigenvalue weighted by Crippen LogP contribution is 2.30. The van der Waals surface area contributed by atoms with E-state index in [2.05, 4.69) is 4.98 Å². The first-order chi connectivity index (χ1) is 13.6. The number of anilines is 1. The van der Waals surface area contributed by atoms with Crippen molar-refractivity contribution in [3.63, 3.8) is 0 Å². The van der Waals surface area contributed by atoms with Crippen LogP contribution in [0.1, 0.15) is 35.9 Å². The molecule has 1 unspecified atom stereocenters. The van der Waals surface area contributed by atoms with Gasteiger partial charge in [0.2, 0.25) is 0 Å². The first-order valence-corrected chi connectivity index (χ1v) is 9.25. The molecule has 5 nitrogen and oxygen atoms in total. The molecule has 1 aromatic heterocycles. The van der Waals surface area contributed by atoms with Gasteiger partial charge in [-0.25, -0.2) is 0 Å². The molecule has 1 atom stereocenters. The Kier molecular flexibility index (Phi) is 6.27. The van der Waals surface area contributed by atoms with Crippen LogP contribution in [0.4, 0.5) is 5.69 Å². The largest absolute Gasteiger partial charge is 0.497 e. The van der Waals surface area contributed by atoms with Gasteiger partial charge in [0.05, 0.1) is 25.5 Å². The molecule has 0 aliphatic carbocycles. The Labute approximate surface area is 165 Å². The lowest BCUT2D eigenvalue weighted by Crippen LogP contribution is -2.34. The Balaban J connectivity index is 1.98. The maximum absolute atomic E-state index is 13.4. The lowest BCUT2D eigenvalue weighted by atomic mass is 10.1. The number of carbonyl (C=O) groups excluding carboxylic acids is 1. The highest BCUT2D eigenvalue weighted by Gasteiger charge is 2.25. The Bertz CT molecular complexity index is 893. The van der Waals surface area contributed by atoms with E-state index in [1.165, 1.54) is 0 Å². The molecule has 0 spiro atoms. The van der Waals surface area contributed by atoms with Gasteiger partial charge in [-0.1, -0.05) is 6.07 Å². The summed E-state index contributed by atoms with van der Waals surface area (Å²) in [5, 5.41) is 0. The van der Waals surface area contributed by atoms with Crippen molar-refractivity contribution >= 4 is 11.6 Å². The van der Waals surface area contributed by atoms with E-state index >= 15 is 0 Å². The first-order valence-electron chi connectivity index (χ1n) is 9.25. The smallest absolute Gasteiger partial charge is 0.258 e. The van der Waals surface area contributed by atoms with Crippen molar-refractivity contribution in [2.45, 2.75) is 19.9 Å². The molecule has 28 heavy (non-hydrogen) atoms. The van der Waals surface area contributed by atoms with Crippen LogP contribution in [0.15, 0.2) is 72.9 Å². The molecule has 1 amide bonds. The zero-order chi connectivity index (χ0) is 19.9. The Morgan fingerprint density at radius 3 is 2.25 bits per heavy atom. The molecule has 0 saturated heterocycles. The van der Waals surface area contributed by atoms with Crippen LogP contribution in [0.5, 0.6) is 11.5 Å². The molecule has 1 heterocycles. The van der Waals surface area contributed by atoms with Crippen LogP contribution in [0.25, 0.3) is 0 Å². The summed E-state index contributed by atoms with van der Waals surface area (Å²) in [6.45, 7) is 4.51. The molecule has 0 aliphatic rings. The van der Waals surface area contributed by atoms with Crippen molar-refractivity contribution in [1.82, 2.24) is 4.98 Å². The maximum Gasteiger partial charge on any atom is 0.258 e. The second kappa shape index (κ2) is 9.04. The molecule has 0 N–H and O–H groups in total. The van der Waals surface area contributed by atoms with Gasteiger partial charge in [0.1, 0.15) is 11.5 Å². The molecule has 0 fully saturated rings. The molecule has 5 heteroatoms. The molecule has 0 radical (unpaired) electrons. The summed E-state index contributed by atoms with van der Waals surface area (Å²) >= 11 is 0. The molecule has 0 bridgehead atoms. The van der Waals surface area contributed by atoms with E-state index < -0.39 is 0 Å². The molecular formula is C23H24N2O3. The van der Waals surface area contributed by atoms with E-state index in [-0.39, 0.29) is 11.9 Å². The molecule has 0 saturated carbocycles. The number of methoxy groups -OCH3 is 1. The van der Waals surface area contributed by atoms with Crippen LogP contribution in [0, 0.1) is 0 Å². The zero-order valence-electron chi connectivity index (χ0n) is 16.3. The van der Waals surface area contributed by atoms with Gasteiger partial charge in [0.15, 0.2) is 0 Å². The molecule has 3 rings (SSSR count). The summed E-state index contributed by atoms with van der Waals surface area (Å²) < 4.78 is 10.7. The van der Waals surface area contributed by atoms with Crippen LogP contribution < -0.4 is 14.4 Å². The van der Waals surface area contributed by atoms with Gasteiger partial charge in [-0.15, -0.1) is 0 Å². The lowest BCUT2D eigenvalue weighted by Gasteiger charge is -2.29. The van der Waals surface area contributed by atoms with Crippen molar-refractivity contribution in [2.75, 3.05) is 18.6 Å². The van der Waals surface area contributed by atoms with Crippen molar-refractivity contribution in [1.29, 1.82) is 0 Å². The third kappa shape index (κ3) is 4.31. The Hall–Kier alpha value is -3.34. The van der Waals surface area contributed by atoms with E-state index in [0.717, 1.165) is 17.1 Å². The number of carbonyl (C=O) groups is 1. The highest BCUT2D eigenvalue weighted by atomic mass is 16.5. The fourth-order valence-electron chi connectivity index (χ4n) is 3.01. The molecule has 2 aromatic carbocycles. The van der Waals surface area contributed by atoms with Crippen molar-refractivity contribution in [3.05, 3.63) is 84.2 Å². The van der Waals surface area contributed by atoms with E-state index in [4.69, 9.17) is 9.47 Å². The third-order valence-corrected chi connectivity index (χ3v) is 4.48. The molecule has 144 valence electrons. The first kappa shape index (κ1) is 19.4. The summed E-state index contributed by atoms with van der Waals surface area (Å²) in [4.78, 5) is 19.6. The minimum atomic E-state index is -0.242. The monoisotopic (exact) mass is 376 g/mol. The fourth-order valence-corrected chi connectivity index (χ4v) is 3.01. The number of hydrogen-bond acceptors (Lipinski definition) is 4. The van der Waals surface area contributed by atoms with Crippen molar-refractivity contribution in [2.24, 2.45) is 0 Å². The average molecular weight is 376 g/mol. The average Bonchev–Trinajstić information content (AvgIpc) is 2.76. The zero-order valence-corrected chi connectivity index (χ0v) is 16.3. The van der Waals surface area contributed by atoms with Gasteiger partial charge < -0.3 is 9.47 Å². The molecule has 3 aromatic rings. The Morgan fingerprint density at radius 2 is 1.68 bits per heavy atom. The topological polar surface area (TPSA) is 51.7 Å². The SMILES string of the molecule is CCOc1ccc(N(C(=O)c2ccc(OC)cc2)C(C)c2ccccn2)cc1. The van der Waals surface area contributed by atoms with Gasteiger partial charge in [0, 0.05) is 17.4 Å². The van der Waals surface area contributed by atoms with Crippen molar-refractivity contribution in [3.8, 4) is 11.5 Å². The van der Waals surface area contributed by atoms with Crippen LogP contribution in [0.3, 0.4) is 0 Å². The molecular weight excluding hydrogens is 352 g/mol. The van der Waals surface area contributed by atoms with Crippen LogP contribution in [0.2, 0.25) is 0 Å². The number of amides is 1. The summed E-state index contributed by atoms with van der Waals surface area (Å²) in [6.07, 6.45) is 1.74. The number of aromatic nitrogens is 1. The van der Waals surface area contributed by atoms with Gasteiger partial charge in [0.25, 0.3) is 5.91 Å². The van der Waals surface area contributed by atoms with Gasteiger partial charge >= 0.3 is 0 Å². The summed E-state index contributed by atoms with van der Waals surface area (Å²) in [5.41, 5.74) is 2.18. The second-order valence-corrected chi connectivity index (χ2v) is 6.26. The maximum atomic E-state index is 13.4. The van der Waals surface area contributed by atoms with Crippen LogP contribution >= 0.6 is 0 Å². The van der Waals surface area contributed by atoms with Gasteiger partial charge in [-0.3, -0.25) is 14.7 Å². The summed E-state index contributed by atoms with van der Waals surface area (Å²) in [5.74, 6) is 1.38. The fraction of sp³-hybridized carbons (Fsp3) is 0.217. The van der Waals surface area contributed by atoms with Crippen LogP contribution in [-0.4, -0.2) is 24.6 Å². The molecule has 0 aliphatic heterocycles. The van der Waals surface area contributed by atoms with E-state index in [9.17, 15) is 4.79 Å². The van der Waals surface area contributed by atoms with E-state index in [1.807, 2.05) is 56.3 Å². The quantitative estimate of drug-likeness (QED) is 0.589. The minimum Gasteiger partial charge on any atom is -0.497 e. The second-order valence-electron chi connectivity index (χ2n) is 6.26. The third-order valence-electron chi connectivity index (χ3n) is 4.48. The van der Waals surface area contributed by atoms with Crippen LogP contribution in [-0.2, 0) is 0 Å². The van der Waals surface area contributed by atoms with Gasteiger partial charge in [-0.05, 0) is 74.5 Å². The number of ether oxygens (including phenoxy) is 2. The summed E-state index contributed by atoms with van der Waals surface area (Å²) in [7, 11) is 1.60. The van der Waals surface area contributed by atoms with E-state index in [1.54, 1.807) is 42.5 Å². The van der Waals surface area contributed by atoms with E-state index in [0.29, 0.717) is 17.9 Å².